The molecule has 12 nitrogen and oxygen atoms in total. The van der Waals surface area contributed by atoms with Gasteiger partial charge in [-0.2, -0.15) is 5.10 Å². The molecule has 47 heavy (non-hydrogen) atoms. The average molecular weight is 641 g/mol. The van der Waals surface area contributed by atoms with Gasteiger partial charge in [-0.1, -0.05) is 0 Å². The van der Waals surface area contributed by atoms with Crippen LogP contribution in [0.15, 0.2) is 24.3 Å². The number of likely N-dealkylation sites (N-methyl/N-ethyl adjacent to an activating group) is 1. The number of amides is 1. The second kappa shape index (κ2) is 12.4. The van der Waals surface area contributed by atoms with Crippen LogP contribution in [0.4, 0.5) is 23.0 Å². The maximum absolute atomic E-state index is 12.8. The number of carbonyl (C=O) groups excluding carboxylic acids is 1. The number of aromatic nitrogens is 4. The van der Waals surface area contributed by atoms with E-state index in [4.69, 9.17) is 20.4 Å². The number of ether oxygens (including phenoxy) is 1. The summed E-state index contributed by atoms with van der Waals surface area (Å²) in [6.07, 6.45) is 7.97. The first-order chi connectivity index (χ1) is 22.8. The molecule has 3 saturated heterocycles. The number of anilines is 4. The summed E-state index contributed by atoms with van der Waals surface area (Å²) in [6.45, 7) is 10.3. The Morgan fingerprint density at radius 2 is 1.79 bits per heavy atom. The number of rotatable bonds is 9. The molecule has 0 bridgehead atoms. The van der Waals surface area contributed by atoms with Crippen LogP contribution in [0.1, 0.15) is 72.6 Å². The minimum Gasteiger partial charge on any atom is -0.381 e. The zero-order chi connectivity index (χ0) is 32.1. The van der Waals surface area contributed by atoms with Crippen molar-refractivity contribution >= 4 is 28.9 Å². The van der Waals surface area contributed by atoms with Gasteiger partial charge in [0.2, 0.25) is 0 Å². The molecule has 1 unspecified atom stereocenters. The number of piperidine rings is 1. The van der Waals surface area contributed by atoms with E-state index in [0.717, 1.165) is 50.3 Å². The summed E-state index contributed by atoms with van der Waals surface area (Å²) in [7, 11) is 2.22. The summed E-state index contributed by atoms with van der Waals surface area (Å²) in [5.74, 6) is 0.890. The highest BCUT2D eigenvalue weighted by atomic mass is 16.5. The third kappa shape index (κ3) is 6.30. The molecule has 1 amide bonds. The van der Waals surface area contributed by atoms with E-state index in [-0.39, 0.29) is 17.2 Å². The molecule has 5 fully saturated rings. The van der Waals surface area contributed by atoms with E-state index < -0.39 is 5.91 Å². The second-order valence-corrected chi connectivity index (χ2v) is 14.5. The number of piperazine rings is 1. The Balaban J connectivity index is 1.06. The average Bonchev–Trinajstić information content (AvgIpc) is 4.02. The number of primary amides is 1. The van der Waals surface area contributed by atoms with Crippen molar-refractivity contribution in [3.63, 3.8) is 0 Å². The van der Waals surface area contributed by atoms with Crippen LogP contribution < -0.4 is 21.3 Å². The number of hydrogen-bond donors (Lipinski definition) is 4. The smallest absolute Gasteiger partial charge is 0.271 e. The molecule has 2 saturated carbocycles. The number of nitrogens with one attached hydrogen (secondary N) is 3. The fourth-order valence-corrected chi connectivity index (χ4v) is 7.88. The van der Waals surface area contributed by atoms with Crippen LogP contribution in [0.3, 0.4) is 0 Å². The lowest BCUT2D eigenvalue weighted by atomic mass is 9.92. The highest BCUT2D eigenvalue weighted by Crippen LogP contribution is 2.53. The Labute approximate surface area is 276 Å². The lowest BCUT2D eigenvalue weighted by Crippen LogP contribution is -2.52. The molecule has 3 aliphatic heterocycles. The summed E-state index contributed by atoms with van der Waals surface area (Å²) in [4.78, 5) is 30.4. The fourth-order valence-electron chi connectivity index (χ4n) is 7.88. The molecule has 5 aliphatic rings. The predicted molar refractivity (Wildman–Crippen MR) is 183 cm³/mol. The SMILES string of the molecule is Cc1cc(-c2nc(C(N)=O)c(Nc3ccc(N4CCC(N5CCN(C)CC5)CC4)c(C4CC4)c3)nc2NC2CCOCC23CC3)n[nH]1. The van der Waals surface area contributed by atoms with Crippen LogP contribution >= 0.6 is 0 Å². The molecular weight excluding hydrogens is 592 g/mol. The summed E-state index contributed by atoms with van der Waals surface area (Å²) < 4.78 is 5.84. The zero-order valence-electron chi connectivity index (χ0n) is 27.7. The molecule has 5 heterocycles. The second-order valence-electron chi connectivity index (χ2n) is 14.5. The molecule has 0 radical (unpaired) electrons. The van der Waals surface area contributed by atoms with Crippen LogP contribution in [0.25, 0.3) is 11.4 Å². The van der Waals surface area contributed by atoms with E-state index in [9.17, 15) is 4.79 Å². The van der Waals surface area contributed by atoms with E-state index in [1.807, 2.05) is 13.0 Å². The van der Waals surface area contributed by atoms with Gasteiger partial charge in [-0.3, -0.25) is 14.8 Å². The molecule has 3 aromatic rings. The van der Waals surface area contributed by atoms with E-state index in [0.29, 0.717) is 41.6 Å². The molecule has 2 aliphatic carbocycles. The fraction of sp³-hybridized carbons (Fsp3) is 0.600. The maximum Gasteiger partial charge on any atom is 0.271 e. The summed E-state index contributed by atoms with van der Waals surface area (Å²) in [5.41, 5.74) is 11.8. The number of nitrogens with zero attached hydrogens (tertiary/aromatic N) is 6. The van der Waals surface area contributed by atoms with Gasteiger partial charge in [0.1, 0.15) is 11.4 Å². The third-order valence-electron chi connectivity index (χ3n) is 11.1. The molecule has 250 valence electrons. The topological polar surface area (TPSA) is 141 Å². The Bertz CT molecular complexity index is 1620. The van der Waals surface area contributed by atoms with Crippen LogP contribution in [0.2, 0.25) is 0 Å². The highest BCUT2D eigenvalue weighted by molar-refractivity contribution is 5.97. The first-order valence-corrected chi connectivity index (χ1v) is 17.5. The van der Waals surface area contributed by atoms with Gasteiger partial charge < -0.3 is 30.9 Å². The van der Waals surface area contributed by atoms with Crippen molar-refractivity contribution in [2.75, 3.05) is 75.1 Å². The standard InChI is InChI=1S/C35H48N10O2/c1-22-19-27(42-41-22)30-33(38-29-9-18-47-21-35(29)10-11-35)40-34(31(39-30)32(36)46)37-24-5-6-28(26(20-24)23-3-4-23)45-12-7-25(8-13-45)44-16-14-43(2)15-17-44/h5-6,19-20,23,25,29H,3-4,7-18,21H2,1-2H3,(H2,36,46)(H,41,42)(H2,37,38,40). The van der Waals surface area contributed by atoms with Crippen LogP contribution in [0.5, 0.6) is 0 Å². The van der Waals surface area contributed by atoms with E-state index in [1.165, 1.54) is 63.1 Å². The molecule has 12 heteroatoms. The van der Waals surface area contributed by atoms with Gasteiger partial charge in [0.05, 0.1) is 6.61 Å². The monoisotopic (exact) mass is 640 g/mol. The van der Waals surface area contributed by atoms with Gasteiger partial charge in [0.15, 0.2) is 17.3 Å². The number of aromatic amines is 1. The van der Waals surface area contributed by atoms with Crippen molar-refractivity contribution in [2.24, 2.45) is 11.1 Å². The van der Waals surface area contributed by atoms with E-state index in [1.54, 1.807) is 0 Å². The van der Waals surface area contributed by atoms with Gasteiger partial charge in [-0.15, -0.1) is 0 Å². The third-order valence-corrected chi connectivity index (χ3v) is 11.1. The minimum atomic E-state index is -0.632. The minimum absolute atomic E-state index is 0.0994. The number of carbonyl (C=O) groups is 1. The molecule has 8 rings (SSSR count). The van der Waals surface area contributed by atoms with Gasteiger partial charge >= 0.3 is 0 Å². The molecule has 1 aromatic carbocycles. The lowest BCUT2D eigenvalue weighted by molar-refractivity contribution is 0.0351. The Hall–Kier alpha value is -3.74. The Kier molecular flexibility index (Phi) is 8.05. The summed E-state index contributed by atoms with van der Waals surface area (Å²) in [6, 6.07) is 9.42. The van der Waals surface area contributed by atoms with Crippen molar-refractivity contribution < 1.29 is 9.53 Å². The number of nitrogens with two attached hydrogens (primary N) is 1. The predicted octanol–water partition coefficient (Wildman–Crippen LogP) is 4.09. The molecule has 1 spiro atoms. The van der Waals surface area contributed by atoms with Gasteiger partial charge in [0, 0.05) is 80.4 Å². The van der Waals surface area contributed by atoms with E-state index in [2.05, 4.69) is 60.8 Å². The van der Waals surface area contributed by atoms with Gasteiger partial charge in [0.25, 0.3) is 5.91 Å². The summed E-state index contributed by atoms with van der Waals surface area (Å²) >= 11 is 0. The number of hydrogen-bond acceptors (Lipinski definition) is 10. The molecular formula is C35H48N10O2. The molecule has 2 aromatic heterocycles. The first kappa shape index (κ1) is 30.6. The largest absolute Gasteiger partial charge is 0.381 e. The summed E-state index contributed by atoms with van der Waals surface area (Å²) in [5, 5.41) is 14.6. The van der Waals surface area contributed by atoms with Crippen LogP contribution in [-0.4, -0.2) is 107 Å². The maximum atomic E-state index is 12.8. The highest BCUT2D eigenvalue weighted by Gasteiger charge is 2.51. The number of benzene rings is 1. The van der Waals surface area contributed by atoms with E-state index >= 15 is 0 Å². The lowest BCUT2D eigenvalue weighted by Gasteiger charge is -2.43. The van der Waals surface area contributed by atoms with Crippen molar-refractivity contribution in [3.8, 4) is 11.4 Å². The van der Waals surface area contributed by atoms with Crippen molar-refractivity contribution in [1.82, 2.24) is 30.0 Å². The Morgan fingerprint density at radius 3 is 2.47 bits per heavy atom. The van der Waals surface area contributed by atoms with Crippen molar-refractivity contribution in [3.05, 3.63) is 41.2 Å². The number of H-pyrrole nitrogens is 1. The Morgan fingerprint density at radius 1 is 1.00 bits per heavy atom. The first-order valence-electron chi connectivity index (χ1n) is 17.5. The zero-order valence-corrected chi connectivity index (χ0v) is 27.7. The van der Waals surface area contributed by atoms with Crippen molar-refractivity contribution in [1.29, 1.82) is 0 Å². The quantitative estimate of drug-likeness (QED) is 0.270. The van der Waals surface area contributed by atoms with Crippen LogP contribution in [0, 0.1) is 12.3 Å². The molecule has 5 N–H and O–H groups in total. The normalized spacial score (nSPS) is 23.6. The van der Waals surface area contributed by atoms with Crippen molar-refractivity contribution in [2.45, 2.75) is 69.9 Å². The van der Waals surface area contributed by atoms with Crippen LogP contribution in [-0.2, 0) is 4.74 Å². The number of aryl methyl sites for hydroxylation is 1. The molecule has 1 atom stereocenters. The van der Waals surface area contributed by atoms with Gasteiger partial charge in [-0.25, -0.2) is 9.97 Å². The van der Waals surface area contributed by atoms with Gasteiger partial charge in [-0.05, 0) is 94.7 Å².